The Morgan fingerprint density at radius 2 is 1.85 bits per heavy atom. The number of carboxylic acids is 1. The zero-order valence-electron chi connectivity index (χ0n) is 14.6. The first-order valence-electron chi connectivity index (χ1n) is 8.62. The van der Waals surface area contributed by atoms with Gasteiger partial charge in [-0.1, -0.05) is 42.2 Å². The number of hydrogen-bond acceptors (Lipinski definition) is 3. The molecule has 4 heteroatoms. The maximum absolute atomic E-state index is 11.1. The van der Waals surface area contributed by atoms with Gasteiger partial charge in [-0.25, -0.2) is 0 Å². The molecule has 0 bridgehead atoms. The molecule has 132 valence electrons. The van der Waals surface area contributed by atoms with Crippen molar-refractivity contribution in [3.63, 3.8) is 0 Å². The van der Waals surface area contributed by atoms with Crippen molar-refractivity contribution in [1.29, 1.82) is 0 Å². The van der Waals surface area contributed by atoms with Gasteiger partial charge in [0, 0.05) is 34.5 Å². The minimum atomic E-state index is -0.842. The van der Waals surface area contributed by atoms with Crippen LogP contribution in [0.5, 0.6) is 0 Å². The third kappa shape index (κ3) is 3.63. The van der Waals surface area contributed by atoms with Gasteiger partial charge in [-0.15, -0.1) is 0 Å². The number of rotatable bonds is 3. The average Bonchev–Trinajstić information content (AvgIpc) is 3.22. The molecule has 1 N–H and O–H groups in total. The Morgan fingerprint density at radius 1 is 1.04 bits per heavy atom. The number of furan rings is 1. The smallest absolute Gasteiger partial charge is 0.323 e. The second kappa shape index (κ2) is 7.27. The summed E-state index contributed by atoms with van der Waals surface area (Å²) in [7, 11) is 0. The SMILES string of the molecule is O=C(O)CN1CC=C(C#Cc2ccc(-c3ccoc3)cc2)c2ccccc21. The molecular formula is C23H17NO3. The van der Waals surface area contributed by atoms with Gasteiger partial charge in [0.25, 0.3) is 0 Å². The van der Waals surface area contributed by atoms with Gasteiger partial charge in [-0.3, -0.25) is 4.79 Å². The first kappa shape index (κ1) is 16.7. The molecule has 0 amide bonds. The minimum absolute atomic E-state index is 0.0241. The number of nitrogens with zero attached hydrogens (tertiary/aromatic N) is 1. The second-order valence-electron chi connectivity index (χ2n) is 6.25. The molecule has 0 spiro atoms. The van der Waals surface area contributed by atoms with Crippen LogP contribution in [0.2, 0.25) is 0 Å². The number of carboxylic acid groups (broad SMARTS) is 1. The van der Waals surface area contributed by atoms with Crippen molar-refractivity contribution < 1.29 is 14.3 Å². The van der Waals surface area contributed by atoms with Crippen molar-refractivity contribution in [2.24, 2.45) is 0 Å². The third-order valence-corrected chi connectivity index (χ3v) is 4.46. The first-order chi connectivity index (χ1) is 13.2. The fourth-order valence-electron chi connectivity index (χ4n) is 3.13. The summed E-state index contributed by atoms with van der Waals surface area (Å²) in [6.45, 7) is 0.510. The lowest BCUT2D eigenvalue weighted by Gasteiger charge is -2.28. The largest absolute Gasteiger partial charge is 0.480 e. The molecule has 27 heavy (non-hydrogen) atoms. The summed E-state index contributed by atoms with van der Waals surface area (Å²) < 4.78 is 5.12. The topological polar surface area (TPSA) is 53.7 Å². The van der Waals surface area contributed by atoms with Crippen LogP contribution >= 0.6 is 0 Å². The molecule has 3 aromatic rings. The van der Waals surface area contributed by atoms with Crippen molar-refractivity contribution in [2.75, 3.05) is 18.0 Å². The molecule has 1 aliphatic rings. The number of para-hydroxylation sites is 1. The Kier molecular flexibility index (Phi) is 4.51. The van der Waals surface area contributed by atoms with Crippen LogP contribution in [0.15, 0.2) is 77.6 Å². The van der Waals surface area contributed by atoms with Crippen molar-refractivity contribution in [3.8, 4) is 23.0 Å². The summed E-state index contributed by atoms with van der Waals surface area (Å²) in [4.78, 5) is 12.9. The molecule has 0 aliphatic carbocycles. The molecule has 1 aliphatic heterocycles. The van der Waals surface area contributed by atoms with E-state index in [0.29, 0.717) is 6.54 Å². The number of carbonyl (C=O) groups is 1. The highest BCUT2D eigenvalue weighted by Crippen LogP contribution is 2.30. The zero-order chi connectivity index (χ0) is 18.6. The predicted octanol–water partition coefficient (Wildman–Crippen LogP) is 4.29. The Labute approximate surface area is 157 Å². The lowest BCUT2D eigenvalue weighted by Crippen LogP contribution is -2.32. The van der Waals surface area contributed by atoms with Crippen LogP contribution in [-0.4, -0.2) is 24.2 Å². The molecule has 4 nitrogen and oxygen atoms in total. The normalized spacial score (nSPS) is 12.6. The first-order valence-corrected chi connectivity index (χ1v) is 8.62. The Morgan fingerprint density at radius 3 is 2.59 bits per heavy atom. The molecular weight excluding hydrogens is 338 g/mol. The van der Waals surface area contributed by atoms with E-state index >= 15 is 0 Å². The molecule has 4 rings (SSSR count). The van der Waals surface area contributed by atoms with Crippen molar-refractivity contribution >= 4 is 17.2 Å². The van der Waals surface area contributed by atoms with Crippen LogP contribution in [0, 0.1) is 11.8 Å². The monoisotopic (exact) mass is 355 g/mol. The fourth-order valence-corrected chi connectivity index (χ4v) is 3.13. The van der Waals surface area contributed by atoms with Gasteiger partial charge in [0.2, 0.25) is 0 Å². The van der Waals surface area contributed by atoms with Crippen LogP contribution in [-0.2, 0) is 4.79 Å². The van der Waals surface area contributed by atoms with Crippen molar-refractivity contribution in [1.82, 2.24) is 0 Å². The Balaban J connectivity index is 1.59. The van der Waals surface area contributed by atoms with E-state index in [1.165, 1.54) is 0 Å². The Bertz CT molecular complexity index is 1050. The third-order valence-electron chi connectivity index (χ3n) is 4.46. The molecule has 0 unspecified atom stereocenters. The Hall–Kier alpha value is -3.71. The fraction of sp³-hybridized carbons (Fsp3) is 0.0870. The van der Waals surface area contributed by atoms with Crippen LogP contribution in [0.1, 0.15) is 11.1 Å². The standard InChI is InChI=1S/C23H17NO3/c25-23(26)15-24-13-11-19(21-3-1-2-4-22(21)24)10-7-17-5-8-18(9-6-17)20-12-14-27-16-20/h1-6,8-9,11-12,14,16H,13,15H2,(H,25,26). The van der Waals surface area contributed by atoms with E-state index in [0.717, 1.165) is 33.5 Å². The summed E-state index contributed by atoms with van der Waals surface area (Å²) in [6, 6.07) is 17.7. The number of allylic oxidation sites excluding steroid dienone is 1. The summed E-state index contributed by atoms with van der Waals surface area (Å²) in [6.07, 6.45) is 5.36. The maximum Gasteiger partial charge on any atom is 0.323 e. The molecule has 0 saturated carbocycles. The van der Waals surface area contributed by atoms with E-state index in [2.05, 4.69) is 11.8 Å². The maximum atomic E-state index is 11.1. The highest BCUT2D eigenvalue weighted by Gasteiger charge is 2.19. The van der Waals surface area contributed by atoms with E-state index in [1.807, 2.05) is 65.6 Å². The molecule has 0 radical (unpaired) electrons. The molecule has 0 atom stereocenters. The number of aliphatic carboxylic acids is 1. The van der Waals surface area contributed by atoms with Gasteiger partial charge in [0.15, 0.2) is 0 Å². The van der Waals surface area contributed by atoms with Crippen LogP contribution < -0.4 is 4.90 Å². The second-order valence-corrected chi connectivity index (χ2v) is 6.25. The van der Waals surface area contributed by atoms with Gasteiger partial charge >= 0.3 is 5.97 Å². The van der Waals surface area contributed by atoms with Gasteiger partial charge < -0.3 is 14.4 Å². The van der Waals surface area contributed by atoms with Crippen LogP contribution in [0.25, 0.3) is 16.7 Å². The van der Waals surface area contributed by atoms with E-state index < -0.39 is 5.97 Å². The van der Waals surface area contributed by atoms with E-state index in [9.17, 15) is 4.79 Å². The zero-order valence-corrected chi connectivity index (χ0v) is 14.6. The van der Waals surface area contributed by atoms with Gasteiger partial charge in [0.05, 0.1) is 12.5 Å². The van der Waals surface area contributed by atoms with Crippen molar-refractivity contribution in [3.05, 3.63) is 84.3 Å². The molecule has 2 heterocycles. The quantitative estimate of drug-likeness (QED) is 0.712. The molecule has 0 saturated heterocycles. The van der Waals surface area contributed by atoms with E-state index in [-0.39, 0.29) is 6.54 Å². The number of anilines is 1. The number of hydrogen-bond donors (Lipinski definition) is 1. The van der Waals surface area contributed by atoms with Crippen LogP contribution in [0.3, 0.4) is 0 Å². The average molecular weight is 355 g/mol. The predicted molar refractivity (Wildman–Crippen MR) is 105 cm³/mol. The number of fused-ring (bicyclic) bond motifs is 1. The number of benzene rings is 2. The summed E-state index contributed by atoms with van der Waals surface area (Å²) in [5.74, 6) is 5.61. The summed E-state index contributed by atoms with van der Waals surface area (Å²) in [5.41, 5.74) is 5.84. The van der Waals surface area contributed by atoms with Gasteiger partial charge in [-0.2, -0.15) is 0 Å². The summed E-state index contributed by atoms with van der Waals surface area (Å²) >= 11 is 0. The van der Waals surface area contributed by atoms with Gasteiger partial charge in [0.1, 0.15) is 6.54 Å². The summed E-state index contributed by atoms with van der Waals surface area (Å²) in [5, 5.41) is 9.10. The lowest BCUT2D eigenvalue weighted by atomic mass is 9.99. The van der Waals surface area contributed by atoms with Gasteiger partial charge in [-0.05, 0) is 35.9 Å². The van der Waals surface area contributed by atoms with E-state index in [1.54, 1.807) is 12.5 Å². The highest BCUT2D eigenvalue weighted by molar-refractivity contribution is 5.90. The van der Waals surface area contributed by atoms with Crippen LogP contribution in [0.4, 0.5) is 5.69 Å². The highest BCUT2D eigenvalue weighted by atomic mass is 16.4. The van der Waals surface area contributed by atoms with Crippen molar-refractivity contribution in [2.45, 2.75) is 0 Å². The molecule has 1 aromatic heterocycles. The molecule has 2 aromatic carbocycles. The van der Waals surface area contributed by atoms with E-state index in [4.69, 9.17) is 9.52 Å². The minimum Gasteiger partial charge on any atom is -0.480 e. The molecule has 0 fully saturated rings. The lowest BCUT2D eigenvalue weighted by molar-refractivity contribution is -0.135.